The molecule has 0 radical (unpaired) electrons. The lowest BCUT2D eigenvalue weighted by atomic mass is 10.1. The van der Waals surface area contributed by atoms with Gasteiger partial charge in [0.15, 0.2) is 0 Å². The molecule has 7 nitrogen and oxygen atoms in total. The number of nitro benzene ring substituents is 1. The van der Waals surface area contributed by atoms with Gasteiger partial charge in [-0.05, 0) is 19.1 Å². The molecule has 0 aliphatic carbocycles. The molecule has 20 heavy (non-hydrogen) atoms. The molecule has 0 fully saturated rings. The Hall–Kier alpha value is -2.51. The Labute approximate surface area is 114 Å². The Morgan fingerprint density at radius 2 is 2.10 bits per heavy atom. The van der Waals surface area contributed by atoms with Crippen LogP contribution in [-0.4, -0.2) is 41.8 Å². The molecule has 8 heteroatoms. The maximum atomic E-state index is 13.2. The van der Waals surface area contributed by atoms with Crippen molar-refractivity contribution in [1.82, 2.24) is 10.2 Å². The summed E-state index contributed by atoms with van der Waals surface area (Å²) in [7, 11) is 1.38. The summed E-state index contributed by atoms with van der Waals surface area (Å²) in [4.78, 5) is 34.1. The number of nitro groups is 1. The third kappa shape index (κ3) is 3.74. The Morgan fingerprint density at radius 3 is 2.65 bits per heavy atom. The molecule has 1 rings (SSSR count). The number of benzene rings is 1. The highest BCUT2D eigenvalue weighted by Gasteiger charge is 2.20. The quantitative estimate of drug-likeness (QED) is 0.643. The molecule has 0 saturated carbocycles. The fourth-order valence-electron chi connectivity index (χ4n) is 1.55. The van der Waals surface area contributed by atoms with Crippen LogP contribution in [0.1, 0.15) is 17.3 Å². The summed E-state index contributed by atoms with van der Waals surface area (Å²) >= 11 is 0. The van der Waals surface area contributed by atoms with E-state index in [2.05, 4.69) is 5.32 Å². The number of halogens is 1. The predicted molar refractivity (Wildman–Crippen MR) is 68.7 cm³/mol. The third-order valence-electron chi connectivity index (χ3n) is 2.49. The van der Waals surface area contributed by atoms with Crippen LogP contribution in [0.4, 0.5) is 10.1 Å². The Morgan fingerprint density at radius 1 is 1.45 bits per heavy atom. The molecule has 0 unspecified atom stereocenters. The normalized spacial score (nSPS) is 9.95. The molecule has 2 amide bonds. The van der Waals surface area contributed by atoms with Gasteiger partial charge < -0.3 is 10.2 Å². The summed E-state index contributed by atoms with van der Waals surface area (Å²) in [6, 6.07) is 2.84. The van der Waals surface area contributed by atoms with Crippen molar-refractivity contribution in [2.75, 3.05) is 20.1 Å². The van der Waals surface area contributed by atoms with Crippen molar-refractivity contribution < 1.29 is 18.9 Å². The van der Waals surface area contributed by atoms with E-state index in [1.807, 2.05) is 0 Å². The number of likely N-dealkylation sites (N-methyl/N-ethyl adjacent to an activating group) is 2. The van der Waals surface area contributed by atoms with Gasteiger partial charge in [0.2, 0.25) is 11.7 Å². The average Bonchev–Trinajstić information content (AvgIpc) is 2.38. The smallest absolute Gasteiger partial charge is 0.305 e. The van der Waals surface area contributed by atoms with Crippen LogP contribution in [0.2, 0.25) is 0 Å². The minimum Gasteiger partial charge on any atom is -0.355 e. The number of nitrogens with zero attached hydrogens (tertiary/aromatic N) is 2. The van der Waals surface area contributed by atoms with E-state index in [0.717, 1.165) is 23.1 Å². The van der Waals surface area contributed by atoms with Crippen molar-refractivity contribution in [2.24, 2.45) is 0 Å². The van der Waals surface area contributed by atoms with Crippen LogP contribution in [-0.2, 0) is 4.79 Å². The van der Waals surface area contributed by atoms with Gasteiger partial charge in [-0.15, -0.1) is 0 Å². The second kappa shape index (κ2) is 6.60. The van der Waals surface area contributed by atoms with Crippen molar-refractivity contribution in [2.45, 2.75) is 6.92 Å². The highest BCUT2D eigenvalue weighted by molar-refractivity contribution is 5.96. The Balaban J connectivity index is 2.89. The predicted octanol–water partition coefficient (Wildman–Crippen LogP) is 0.942. The van der Waals surface area contributed by atoms with Gasteiger partial charge in [-0.25, -0.2) is 0 Å². The lowest BCUT2D eigenvalue weighted by Crippen LogP contribution is -2.38. The van der Waals surface area contributed by atoms with E-state index in [-0.39, 0.29) is 18.0 Å². The largest absolute Gasteiger partial charge is 0.355 e. The van der Waals surface area contributed by atoms with Crippen molar-refractivity contribution in [3.8, 4) is 0 Å². The first-order chi connectivity index (χ1) is 9.36. The molecular formula is C12H14FN3O4. The molecule has 0 aliphatic heterocycles. The Kier molecular flexibility index (Phi) is 5.13. The summed E-state index contributed by atoms with van der Waals surface area (Å²) < 4.78 is 13.2. The van der Waals surface area contributed by atoms with E-state index in [0.29, 0.717) is 6.54 Å². The lowest BCUT2D eigenvalue weighted by Gasteiger charge is -2.16. The van der Waals surface area contributed by atoms with Crippen molar-refractivity contribution in [3.63, 3.8) is 0 Å². The number of amides is 2. The number of rotatable bonds is 5. The first-order valence-corrected chi connectivity index (χ1v) is 5.83. The summed E-state index contributed by atoms with van der Waals surface area (Å²) in [5.41, 5.74) is -0.827. The topological polar surface area (TPSA) is 92.6 Å². The second-order valence-electron chi connectivity index (χ2n) is 4.04. The van der Waals surface area contributed by atoms with Gasteiger partial charge in [0.1, 0.15) is 0 Å². The molecule has 0 saturated heterocycles. The third-order valence-corrected chi connectivity index (χ3v) is 2.49. The zero-order valence-electron chi connectivity index (χ0n) is 11.1. The molecule has 108 valence electrons. The molecule has 0 heterocycles. The van der Waals surface area contributed by atoms with Crippen molar-refractivity contribution >= 4 is 17.5 Å². The fraction of sp³-hybridized carbons (Fsp3) is 0.333. The zero-order chi connectivity index (χ0) is 15.3. The van der Waals surface area contributed by atoms with Gasteiger partial charge in [-0.3, -0.25) is 19.7 Å². The molecule has 0 aromatic heterocycles. The van der Waals surface area contributed by atoms with Gasteiger partial charge in [-0.2, -0.15) is 4.39 Å². The molecule has 1 aromatic carbocycles. The molecular weight excluding hydrogens is 269 g/mol. The van der Waals surface area contributed by atoms with Gasteiger partial charge in [0.05, 0.1) is 11.5 Å². The van der Waals surface area contributed by atoms with Crippen LogP contribution in [0.5, 0.6) is 0 Å². The standard InChI is InChI=1S/C12H14FN3O4/c1-3-14-11(17)7-15(2)12(18)8-4-5-9(13)10(6-8)16(19)20/h4-6H,3,7H2,1-2H3,(H,14,17). The van der Waals surface area contributed by atoms with Gasteiger partial charge >= 0.3 is 5.69 Å². The van der Waals surface area contributed by atoms with E-state index in [9.17, 15) is 24.1 Å². The number of hydrogen-bond acceptors (Lipinski definition) is 4. The first kappa shape index (κ1) is 15.5. The monoisotopic (exact) mass is 283 g/mol. The minimum absolute atomic E-state index is 0.0510. The lowest BCUT2D eigenvalue weighted by molar-refractivity contribution is -0.387. The zero-order valence-corrected chi connectivity index (χ0v) is 11.1. The molecule has 0 spiro atoms. The average molecular weight is 283 g/mol. The number of hydrogen-bond donors (Lipinski definition) is 1. The SMILES string of the molecule is CCNC(=O)CN(C)C(=O)c1ccc(F)c([N+](=O)[O-])c1. The van der Waals surface area contributed by atoms with Crippen molar-refractivity contribution in [3.05, 3.63) is 39.7 Å². The van der Waals surface area contributed by atoms with Crippen LogP contribution in [0.25, 0.3) is 0 Å². The van der Waals surface area contributed by atoms with Crippen LogP contribution in [0.3, 0.4) is 0 Å². The van der Waals surface area contributed by atoms with Gasteiger partial charge in [-0.1, -0.05) is 0 Å². The molecule has 0 atom stereocenters. The fourth-order valence-corrected chi connectivity index (χ4v) is 1.55. The maximum absolute atomic E-state index is 13.2. The van der Waals surface area contributed by atoms with Crippen molar-refractivity contribution in [1.29, 1.82) is 0 Å². The Bertz CT molecular complexity index is 548. The number of carbonyl (C=O) groups excluding carboxylic acids is 2. The van der Waals surface area contributed by atoms with E-state index < -0.39 is 22.3 Å². The van der Waals surface area contributed by atoms with Crippen LogP contribution in [0, 0.1) is 15.9 Å². The maximum Gasteiger partial charge on any atom is 0.305 e. The summed E-state index contributed by atoms with van der Waals surface area (Å²) in [5.74, 6) is -1.96. The van der Waals surface area contributed by atoms with Crippen LogP contribution < -0.4 is 5.32 Å². The van der Waals surface area contributed by atoms with Crippen LogP contribution in [0.15, 0.2) is 18.2 Å². The molecule has 0 aliphatic rings. The summed E-state index contributed by atoms with van der Waals surface area (Å²) in [5, 5.41) is 13.1. The number of nitrogens with one attached hydrogen (secondary N) is 1. The van der Waals surface area contributed by atoms with Crippen LogP contribution >= 0.6 is 0 Å². The van der Waals surface area contributed by atoms with E-state index in [1.54, 1.807) is 6.92 Å². The molecule has 0 bridgehead atoms. The first-order valence-electron chi connectivity index (χ1n) is 5.83. The summed E-state index contributed by atoms with van der Waals surface area (Å²) in [6.07, 6.45) is 0. The molecule has 1 N–H and O–H groups in total. The highest BCUT2D eigenvalue weighted by atomic mass is 19.1. The summed E-state index contributed by atoms with van der Waals surface area (Å²) in [6.45, 7) is 1.99. The highest BCUT2D eigenvalue weighted by Crippen LogP contribution is 2.19. The second-order valence-corrected chi connectivity index (χ2v) is 4.04. The van der Waals surface area contributed by atoms with Gasteiger partial charge in [0.25, 0.3) is 5.91 Å². The van der Waals surface area contributed by atoms with E-state index in [4.69, 9.17) is 0 Å². The molecule has 1 aromatic rings. The van der Waals surface area contributed by atoms with Gasteiger partial charge in [0, 0.05) is 25.2 Å². The number of carbonyl (C=O) groups is 2. The van der Waals surface area contributed by atoms with E-state index >= 15 is 0 Å². The minimum atomic E-state index is -1.02. The van der Waals surface area contributed by atoms with E-state index in [1.165, 1.54) is 7.05 Å².